The van der Waals surface area contributed by atoms with Crippen molar-refractivity contribution in [3.05, 3.63) is 19.9 Å². The van der Waals surface area contributed by atoms with Gasteiger partial charge in [0.1, 0.15) is 5.54 Å². The van der Waals surface area contributed by atoms with Crippen molar-refractivity contribution in [2.75, 3.05) is 0 Å². The van der Waals surface area contributed by atoms with Crippen LogP contribution < -0.4 is 5.73 Å². The number of alkyl halides is 3. The van der Waals surface area contributed by atoms with Gasteiger partial charge >= 0.3 is 6.18 Å². The van der Waals surface area contributed by atoms with Crippen LogP contribution in [0.5, 0.6) is 0 Å². The quantitative estimate of drug-likeness (QED) is 0.749. The Labute approximate surface area is 119 Å². The Morgan fingerprint density at radius 2 is 2.28 bits per heavy atom. The van der Waals surface area contributed by atoms with Crippen molar-refractivity contribution in [1.82, 2.24) is 0 Å². The molecular weight excluding hydrogens is 380 g/mol. The van der Waals surface area contributed by atoms with Crippen molar-refractivity contribution in [1.29, 1.82) is 0 Å². The van der Waals surface area contributed by atoms with Crippen LogP contribution in [0.4, 0.5) is 13.2 Å². The van der Waals surface area contributed by atoms with E-state index in [-0.39, 0.29) is 6.42 Å². The first-order valence-corrected chi connectivity index (χ1v) is 7.00. The Kier molecular flexibility index (Phi) is 3.52. The average Bonchev–Trinajstić information content (AvgIpc) is 2.63. The van der Waals surface area contributed by atoms with Crippen molar-refractivity contribution in [2.24, 2.45) is 10.7 Å². The highest BCUT2D eigenvalue weighted by Gasteiger charge is 2.49. The summed E-state index contributed by atoms with van der Waals surface area (Å²) in [6, 6.07) is 1.41. The van der Waals surface area contributed by atoms with Crippen LogP contribution in [0.1, 0.15) is 18.2 Å². The topological polar surface area (TPSA) is 47.6 Å². The summed E-state index contributed by atoms with van der Waals surface area (Å²) in [4.78, 5) is 4.80. The summed E-state index contributed by atoms with van der Waals surface area (Å²) in [5, 5.41) is 1.87. The van der Waals surface area contributed by atoms with Crippen LogP contribution >= 0.6 is 33.9 Å². The molecule has 2 atom stereocenters. The smallest absolute Gasteiger partial charge is 0.425 e. The van der Waals surface area contributed by atoms with E-state index in [4.69, 9.17) is 5.73 Å². The maximum absolute atomic E-state index is 12.7. The minimum absolute atomic E-state index is 0.256. The lowest BCUT2D eigenvalue weighted by Crippen LogP contribution is -2.45. The summed E-state index contributed by atoms with van der Waals surface area (Å²) >= 11 is 3.48. The highest BCUT2D eigenvalue weighted by Crippen LogP contribution is 2.41. The summed E-state index contributed by atoms with van der Waals surface area (Å²) in [5.74, 6) is 0. The van der Waals surface area contributed by atoms with Crippen LogP contribution in [-0.4, -0.2) is 18.3 Å². The van der Waals surface area contributed by atoms with Gasteiger partial charge in [0.25, 0.3) is 6.02 Å². The third-order valence-corrected chi connectivity index (χ3v) is 4.89. The van der Waals surface area contributed by atoms with E-state index in [1.807, 2.05) is 11.4 Å². The molecule has 2 N–H and O–H groups in total. The second-order valence-electron chi connectivity index (χ2n) is 4.21. The standard InChI is InChI=1S/C10H10F3IN2OS/c1-9(7-2-5(14)4-18-7)3-6(10(11,12)13)17-8(15)16-9/h2,4,6H,3H2,1H3,(H2,15,16)/t6-,9-/m0/s1. The molecule has 0 radical (unpaired) electrons. The van der Waals surface area contributed by atoms with Gasteiger partial charge < -0.3 is 10.5 Å². The fraction of sp³-hybridized carbons (Fsp3) is 0.500. The minimum atomic E-state index is -4.44. The van der Waals surface area contributed by atoms with Gasteiger partial charge in [0.05, 0.1) is 0 Å². The van der Waals surface area contributed by atoms with E-state index in [1.165, 1.54) is 11.3 Å². The molecule has 0 amide bonds. The summed E-state index contributed by atoms with van der Waals surface area (Å²) < 4.78 is 43.8. The van der Waals surface area contributed by atoms with Gasteiger partial charge in [-0.15, -0.1) is 11.3 Å². The molecule has 0 unspecified atom stereocenters. The molecule has 100 valence electrons. The van der Waals surface area contributed by atoms with Gasteiger partial charge in [-0.3, -0.25) is 0 Å². The Hall–Kier alpha value is -0.510. The second-order valence-corrected chi connectivity index (χ2v) is 6.36. The zero-order valence-electron chi connectivity index (χ0n) is 9.29. The second kappa shape index (κ2) is 4.55. The molecule has 0 bridgehead atoms. The normalized spacial score (nSPS) is 28.7. The molecule has 18 heavy (non-hydrogen) atoms. The van der Waals surface area contributed by atoms with Gasteiger partial charge in [0, 0.05) is 20.2 Å². The molecule has 1 aliphatic rings. The van der Waals surface area contributed by atoms with E-state index in [2.05, 4.69) is 32.3 Å². The number of hydrogen-bond acceptors (Lipinski definition) is 4. The molecule has 2 heterocycles. The fourth-order valence-electron chi connectivity index (χ4n) is 1.80. The fourth-order valence-corrected chi connectivity index (χ4v) is 3.59. The highest BCUT2D eigenvalue weighted by molar-refractivity contribution is 14.1. The third-order valence-electron chi connectivity index (χ3n) is 2.67. The summed E-state index contributed by atoms with van der Waals surface area (Å²) in [5.41, 5.74) is 4.40. The largest absolute Gasteiger partial charge is 0.452 e. The molecule has 1 aromatic heterocycles. The van der Waals surface area contributed by atoms with Crippen LogP contribution in [0.15, 0.2) is 16.4 Å². The van der Waals surface area contributed by atoms with Crippen molar-refractivity contribution < 1.29 is 17.9 Å². The van der Waals surface area contributed by atoms with Gasteiger partial charge in [-0.25, -0.2) is 4.99 Å². The maximum atomic E-state index is 12.7. The lowest BCUT2D eigenvalue weighted by molar-refractivity contribution is -0.208. The van der Waals surface area contributed by atoms with Crippen molar-refractivity contribution in [3.63, 3.8) is 0 Å². The van der Waals surface area contributed by atoms with Gasteiger partial charge in [-0.1, -0.05) is 0 Å². The van der Waals surface area contributed by atoms with E-state index in [0.29, 0.717) is 0 Å². The Morgan fingerprint density at radius 3 is 2.78 bits per heavy atom. The molecule has 0 saturated heterocycles. The zero-order valence-corrected chi connectivity index (χ0v) is 12.3. The summed E-state index contributed by atoms with van der Waals surface area (Å²) in [6.45, 7) is 1.64. The highest BCUT2D eigenvalue weighted by atomic mass is 127. The number of amidine groups is 1. The van der Waals surface area contributed by atoms with Gasteiger partial charge in [-0.05, 0) is 35.6 Å². The van der Waals surface area contributed by atoms with E-state index in [9.17, 15) is 13.2 Å². The van der Waals surface area contributed by atoms with Crippen molar-refractivity contribution in [2.45, 2.75) is 31.2 Å². The van der Waals surface area contributed by atoms with Gasteiger partial charge in [0.2, 0.25) is 0 Å². The van der Waals surface area contributed by atoms with Crippen molar-refractivity contribution in [3.8, 4) is 0 Å². The first-order chi connectivity index (χ1) is 8.21. The monoisotopic (exact) mass is 390 g/mol. The van der Waals surface area contributed by atoms with E-state index in [1.54, 1.807) is 6.92 Å². The van der Waals surface area contributed by atoms with Crippen molar-refractivity contribution >= 4 is 39.9 Å². The predicted octanol–water partition coefficient (Wildman–Crippen LogP) is 3.23. The molecule has 0 spiro atoms. The van der Waals surface area contributed by atoms with Crippen LogP contribution in [-0.2, 0) is 10.3 Å². The molecule has 0 saturated carbocycles. The SMILES string of the molecule is C[C@@]1(c2cc(I)cs2)C[C@@H](C(F)(F)F)OC(N)=N1. The first kappa shape index (κ1) is 13.9. The number of nitrogens with zero attached hydrogens (tertiary/aromatic N) is 1. The zero-order chi connectivity index (χ0) is 13.6. The first-order valence-electron chi connectivity index (χ1n) is 5.04. The Bertz CT molecular complexity index is 488. The summed E-state index contributed by atoms with van der Waals surface area (Å²) in [7, 11) is 0. The number of aliphatic imine (C=N–C) groups is 1. The predicted molar refractivity (Wildman–Crippen MR) is 71.6 cm³/mol. The number of ether oxygens (including phenoxy) is 1. The average molecular weight is 390 g/mol. The lowest BCUT2D eigenvalue weighted by atomic mass is 9.92. The molecular formula is C10H10F3IN2OS. The molecule has 3 nitrogen and oxygen atoms in total. The molecule has 8 heteroatoms. The number of rotatable bonds is 1. The third kappa shape index (κ3) is 2.73. The van der Waals surface area contributed by atoms with Gasteiger partial charge in [-0.2, -0.15) is 13.2 Å². The molecule has 1 aliphatic heterocycles. The number of halogens is 4. The molecule has 0 aliphatic carbocycles. The maximum Gasteiger partial charge on any atom is 0.425 e. The molecule has 1 aromatic rings. The van der Waals surface area contributed by atoms with Crippen LogP contribution in [0.25, 0.3) is 0 Å². The van der Waals surface area contributed by atoms with E-state index in [0.717, 1.165) is 8.45 Å². The molecule has 0 fully saturated rings. The Balaban J connectivity index is 2.36. The minimum Gasteiger partial charge on any atom is -0.452 e. The van der Waals surface area contributed by atoms with Crippen LogP contribution in [0, 0.1) is 3.57 Å². The van der Waals surface area contributed by atoms with E-state index < -0.39 is 23.8 Å². The van der Waals surface area contributed by atoms with Crippen LogP contribution in [0.2, 0.25) is 0 Å². The molecule has 0 aromatic carbocycles. The number of nitrogens with two attached hydrogens (primary N) is 1. The summed E-state index contributed by atoms with van der Waals surface area (Å²) in [6.07, 6.45) is -6.60. The van der Waals surface area contributed by atoms with Gasteiger partial charge in [0.15, 0.2) is 6.10 Å². The lowest BCUT2D eigenvalue weighted by Gasteiger charge is -2.34. The number of thiophene rings is 1. The Morgan fingerprint density at radius 1 is 1.61 bits per heavy atom. The van der Waals surface area contributed by atoms with Crippen LogP contribution in [0.3, 0.4) is 0 Å². The molecule has 2 rings (SSSR count). The van der Waals surface area contributed by atoms with E-state index >= 15 is 0 Å². The number of hydrogen-bond donors (Lipinski definition) is 1.